The summed E-state index contributed by atoms with van der Waals surface area (Å²) in [4.78, 5) is 11.4. The third kappa shape index (κ3) is 4.26. The lowest BCUT2D eigenvalue weighted by molar-refractivity contribution is 0.305. The summed E-state index contributed by atoms with van der Waals surface area (Å²) in [6.45, 7) is 7.18. The maximum atomic E-state index is 4.57. The molecule has 0 radical (unpaired) electrons. The fraction of sp³-hybridized carbons (Fsp3) is 0.714. The fourth-order valence-electron chi connectivity index (χ4n) is 2.09. The first-order chi connectivity index (χ1) is 8.67. The SMILES string of the molecule is CCCNc1cc(C)nc(CN(C)CC2CC2)n1. The van der Waals surface area contributed by atoms with E-state index in [0.717, 1.165) is 42.8 Å². The van der Waals surface area contributed by atoms with Gasteiger partial charge in [-0.05, 0) is 39.2 Å². The first-order valence-corrected chi connectivity index (χ1v) is 6.94. The minimum absolute atomic E-state index is 0.846. The molecule has 1 saturated carbocycles. The third-order valence-corrected chi connectivity index (χ3v) is 3.13. The van der Waals surface area contributed by atoms with E-state index in [1.54, 1.807) is 0 Å². The van der Waals surface area contributed by atoms with Gasteiger partial charge in [0.05, 0.1) is 6.54 Å². The van der Waals surface area contributed by atoms with E-state index in [1.807, 2.05) is 13.0 Å². The lowest BCUT2D eigenvalue weighted by atomic mass is 10.3. The van der Waals surface area contributed by atoms with E-state index >= 15 is 0 Å². The maximum absolute atomic E-state index is 4.57. The Hall–Kier alpha value is -1.16. The molecule has 0 aromatic carbocycles. The molecule has 4 heteroatoms. The zero-order valence-corrected chi connectivity index (χ0v) is 11.7. The average Bonchev–Trinajstić information content (AvgIpc) is 3.09. The van der Waals surface area contributed by atoms with Crippen molar-refractivity contribution in [2.45, 2.75) is 39.7 Å². The van der Waals surface area contributed by atoms with Gasteiger partial charge in [0.2, 0.25) is 0 Å². The Labute approximate surface area is 110 Å². The molecular weight excluding hydrogens is 224 g/mol. The van der Waals surface area contributed by atoms with Gasteiger partial charge in [-0.2, -0.15) is 0 Å². The number of nitrogens with one attached hydrogen (secondary N) is 1. The lowest BCUT2D eigenvalue weighted by Gasteiger charge is -2.16. The number of nitrogens with zero attached hydrogens (tertiary/aromatic N) is 3. The molecule has 0 unspecified atom stereocenters. The Morgan fingerprint density at radius 3 is 2.83 bits per heavy atom. The number of aromatic nitrogens is 2. The van der Waals surface area contributed by atoms with Crippen molar-refractivity contribution in [1.82, 2.24) is 14.9 Å². The van der Waals surface area contributed by atoms with Gasteiger partial charge in [-0.3, -0.25) is 4.90 Å². The van der Waals surface area contributed by atoms with Crippen LogP contribution in [0.1, 0.15) is 37.7 Å². The standard InChI is InChI=1S/C14H24N4/c1-4-7-15-13-8-11(2)16-14(17-13)10-18(3)9-12-5-6-12/h8,12H,4-7,9-10H2,1-3H3,(H,15,16,17). The molecule has 1 heterocycles. The predicted molar refractivity (Wildman–Crippen MR) is 74.6 cm³/mol. The molecule has 0 saturated heterocycles. The van der Waals surface area contributed by atoms with Crippen molar-refractivity contribution in [2.24, 2.45) is 5.92 Å². The van der Waals surface area contributed by atoms with Crippen LogP contribution >= 0.6 is 0 Å². The Kier molecular flexibility index (Phi) is 4.53. The van der Waals surface area contributed by atoms with Gasteiger partial charge in [0, 0.05) is 24.8 Å². The molecule has 1 aliphatic rings. The molecule has 0 aliphatic heterocycles. The molecule has 0 spiro atoms. The van der Waals surface area contributed by atoms with Crippen LogP contribution in [0.2, 0.25) is 0 Å². The van der Waals surface area contributed by atoms with E-state index in [1.165, 1.54) is 19.4 Å². The molecule has 1 aliphatic carbocycles. The van der Waals surface area contributed by atoms with Crippen molar-refractivity contribution in [1.29, 1.82) is 0 Å². The number of hydrogen-bond acceptors (Lipinski definition) is 4. The Bertz CT molecular complexity index is 387. The quantitative estimate of drug-likeness (QED) is 0.804. The molecule has 18 heavy (non-hydrogen) atoms. The highest BCUT2D eigenvalue weighted by molar-refractivity contribution is 5.35. The summed E-state index contributed by atoms with van der Waals surface area (Å²) in [6, 6.07) is 2.01. The van der Waals surface area contributed by atoms with Crippen LogP contribution in [0.3, 0.4) is 0 Å². The second kappa shape index (κ2) is 6.14. The first kappa shape index (κ1) is 13.3. The highest BCUT2D eigenvalue weighted by Crippen LogP contribution is 2.29. The summed E-state index contributed by atoms with van der Waals surface area (Å²) >= 11 is 0. The van der Waals surface area contributed by atoms with Crippen LogP contribution in [0.4, 0.5) is 5.82 Å². The van der Waals surface area contributed by atoms with E-state index in [2.05, 4.69) is 34.2 Å². The summed E-state index contributed by atoms with van der Waals surface area (Å²) in [5.74, 6) is 2.80. The predicted octanol–water partition coefficient (Wildman–Crippen LogP) is 2.45. The van der Waals surface area contributed by atoms with E-state index in [9.17, 15) is 0 Å². The maximum Gasteiger partial charge on any atom is 0.144 e. The van der Waals surface area contributed by atoms with Crippen LogP contribution in [0.25, 0.3) is 0 Å². The van der Waals surface area contributed by atoms with Crippen molar-refractivity contribution >= 4 is 5.82 Å². The highest BCUT2D eigenvalue weighted by atomic mass is 15.1. The number of aryl methyl sites for hydroxylation is 1. The molecule has 100 valence electrons. The minimum atomic E-state index is 0.846. The van der Waals surface area contributed by atoms with Crippen LogP contribution in [-0.2, 0) is 6.54 Å². The average molecular weight is 248 g/mol. The van der Waals surface area contributed by atoms with Crippen LogP contribution in [0, 0.1) is 12.8 Å². The molecule has 4 nitrogen and oxygen atoms in total. The second-order valence-corrected chi connectivity index (χ2v) is 5.38. The summed E-state index contributed by atoms with van der Waals surface area (Å²) in [5.41, 5.74) is 1.04. The summed E-state index contributed by atoms with van der Waals surface area (Å²) in [6.07, 6.45) is 3.89. The molecule has 2 rings (SSSR count). The zero-order valence-electron chi connectivity index (χ0n) is 11.7. The van der Waals surface area contributed by atoms with Gasteiger partial charge < -0.3 is 5.32 Å². The third-order valence-electron chi connectivity index (χ3n) is 3.13. The fourth-order valence-corrected chi connectivity index (χ4v) is 2.09. The van der Waals surface area contributed by atoms with Crippen LogP contribution in [0.15, 0.2) is 6.07 Å². The molecule has 1 fully saturated rings. The number of rotatable bonds is 7. The van der Waals surface area contributed by atoms with Gasteiger partial charge in [-0.15, -0.1) is 0 Å². The molecular formula is C14H24N4. The summed E-state index contributed by atoms with van der Waals surface area (Å²) in [7, 11) is 2.16. The van der Waals surface area contributed by atoms with Crippen LogP contribution in [-0.4, -0.2) is 35.0 Å². The minimum Gasteiger partial charge on any atom is -0.370 e. The van der Waals surface area contributed by atoms with Crippen molar-refractivity contribution in [2.75, 3.05) is 25.5 Å². The van der Waals surface area contributed by atoms with Gasteiger partial charge in [0.25, 0.3) is 0 Å². The molecule has 1 aromatic rings. The smallest absolute Gasteiger partial charge is 0.144 e. The van der Waals surface area contributed by atoms with Crippen molar-refractivity contribution in [3.63, 3.8) is 0 Å². The Morgan fingerprint density at radius 1 is 1.39 bits per heavy atom. The number of anilines is 1. The Balaban J connectivity index is 1.94. The molecule has 0 atom stereocenters. The highest BCUT2D eigenvalue weighted by Gasteiger charge is 2.23. The molecule has 1 N–H and O–H groups in total. The van der Waals surface area contributed by atoms with Crippen molar-refractivity contribution in [3.8, 4) is 0 Å². The molecule has 0 bridgehead atoms. The van der Waals surface area contributed by atoms with E-state index < -0.39 is 0 Å². The van der Waals surface area contributed by atoms with Gasteiger partial charge in [-0.1, -0.05) is 6.92 Å². The van der Waals surface area contributed by atoms with Gasteiger partial charge in [0.15, 0.2) is 0 Å². The van der Waals surface area contributed by atoms with Crippen molar-refractivity contribution in [3.05, 3.63) is 17.6 Å². The van der Waals surface area contributed by atoms with Crippen LogP contribution in [0.5, 0.6) is 0 Å². The van der Waals surface area contributed by atoms with Crippen LogP contribution < -0.4 is 5.32 Å². The monoisotopic (exact) mass is 248 g/mol. The molecule has 0 amide bonds. The summed E-state index contributed by atoms with van der Waals surface area (Å²) in [5, 5.41) is 3.33. The van der Waals surface area contributed by atoms with Gasteiger partial charge in [-0.25, -0.2) is 9.97 Å². The Morgan fingerprint density at radius 2 is 2.17 bits per heavy atom. The topological polar surface area (TPSA) is 41.1 Å². The van der Waals surface area contributed by atoms with Gasteiger partial charge in [0.1, 0.15) is 11.6 Å². The zero-order chi connectivity index (χ0) is 13.0. The lowest BCUT2D eigenvalue weighted by Crippen LogP contribution is -2.22. The van der Waals surface area contributed by atoms with Gasteiger partial charge >= 0.3 is 0 Å². The first-order valence-electron chi connectivity index (χ1n) is 6.94. The van der Waals surface area contributed by atoms with E-state index in [4.69, 9.17) is 0 Å². The summed E-state index contributed by atoms with van der Waals surface area (Å²) < 4.78 is 0. The van der Waals surface area contributed by atoms with E-state index in [-0.39, 0.29) is 0 Å². The molecule has 1 aromatic heterocycles. The normalized spacial score (nSPS) is 15.1. The number of hydrogen-bond donors (Lipinski definition) is 1. The largest absolute Gasteiger partial charge is 0.370 e. The van der Waals surface area contributed by atoms with E-state index in [0.29, 0.717) is 0 Å². The second-order valence-electron chi connectivity index (χ2n) is 5.38. The van der Waals surface area contributed by atoms with Crippen molar-refractivity contribution < 1.29 is 0 Å².